The van der Waals surface area contributed by atoms with Crippen molar-refractivity contribution in [2.75, 3.05) is 19.5 Å². The van der Waals surface area contributed by atoms with Crippen LogP contribution in [0, 0.1) is 11.7 Å². The lowest BCUT2D eigenvalue weighted by molar-refractivity contribution is -0.118. The molecule has 0 fully saturated rings. The van der Waals surface area contributed by atoms with Gasteiger partial charge in [-0.05, 0) is 47.9 Å². The first kappa shape index (κ1) is 17.8. The lowest BCUT2D eigenvalue weighted by Crippen LogP contribution is -2.25. The molecule has 5 heteroatoms. The number of hydrogen-bond donors (Lipinski definition) is 1. The van der Waals surface area contributed by atoms with Crippen molar-refractivity contribution in [2.45, 2.75) is 19.8 Å². The van der Waals surface area contributed by atoms with Crippen molar-refractivity contribution < 1.29 is 18.7 Å². The lowest BCUT2D eigenvalue weighted by atomic mass is 9.87. The third-order valence-electron chi connectivity index (χ3n) is 3.83. The van der Waals surface area contributed by atoms with Gasteiger partial charge in [0.15, 0.2) is 11.5 Å². The molecule has 0 bridgehead atoms. The normalized spacial score (nSPS) is 11.9. The second-order valence-corrected chi connectivity index (χ2v) is 5.83. The molecule has 0 saturated carbocycles. The van der Waals surface area contributed by atoms with E-state index in [9.17, 15) is 9.18 Å². The van der Waals surface area contributed by atoms with Crippen molar-refractivity contribution in [1.82, 2.24) is 0 Å². The molecule has 0 aliphatic carbocycles. The highest BCUT2D eigenvalue weighted by atomic mass is 19.1. The number of carbonyl (C=O) groups is 1. The van der Waals surface area contributed by atoms with Crippen molar-refractivity contribution in [3.63, 3.8) is 0 Å². The van der Waals surface area contributed by atoms with Crippen molar-refractivity contribution in [3.8, 4) is 11.5 Å². The molecule has 0 aliphatic rings. The minimum Gasteiger partial charge on any atom is -0.493 e. The van der Waals surface area contributed by atoms with Crippen LogP contribution >= 0.6 is 0 Å². The van der Waals surface area contributed by atoms with Crippen molar-refractivity contribution >= 4 is 11.6 Å². The summed E-state index contributed by atoms with van der Waals surface area (Å²) in [6.45, 7) is 3.96. The topological polar surface area (TPSA) is 47.6 Å². The highest BCUT2D eigenvalue weighted by Crippen LogP contribution is 2.34. The van der Waals surface area contributed by atoms with E-state index in [0.717, 1.165) is 5.56 Å². The molecule has 0 aliphatic heterocycles. The molecule has 0 aromatic heterocycles. The smallest absolute Gasteiger partial charge is 0.232 e. The molecule has 4 nitrogen and oxygen atoms in total. The molecule has 0 saturated heterocycles. The average Bonchev–Trinajstić information content (AvgIpc) is 2.56. The van der Waals surface area contributed by atoms with Gasteiger partial charge in [-0.15, -0.1) is 0 Å². The number of hydrogen-bond acceptors (Lipinski definition) is 3. The van der Waals surface area contributed by atoms with Crippen LogP contribution in [0.2, 0.25) is 0 Å². The van der Waals surface area contributed by atoms with Crippen LogP contribution in [0.25, 0.3) is 0 Å². The number of nitrogens with one attached hydrogen (secondary N) is 1. The Morgan fingerprint density at radius 1 is 1.00 bits per heavy atom. The third-order valence-corrected chi connectivity index (χ3v) is 3.83. The SMILES string of the molecule is COc1ccc(C(C(=O)Nc2ccc(F)cc2)C(C)C)cc1OC. The van der Waals surface area contributed by atoms with Gasteiger partial charge in [-0.1, -0.05) is 19.9 Å². The molecule has 0 radical (unpaired) electrons. The number of benzene rings is 2. The van der Waals surface area contributed by atoms with Crippen LogP contribution in [-0.2, 0) is 4.79 Å². The minimum absolute atomic E-state index is 0.0727. The van der Waals surface area contributed by atoms with Gasteiger partial charge in [-0.3, -0.25) is 4.79 Å². The Bertz CT molecular complexity index is 698. The fraction of sp³-hybridized carbons (Fsp3) is 0.316. The zero-order valence-corrected chi connectivity index (χ0v) is 14.3. The lowest BCUT2D eigenvalue weighted by Gasteiger charge is -2.22. The predicted octanol–water partition coefficient (Wildman–Crippen LogP) is 4.22. The van der Waals surface area contributed by atoms with Crippen LogP contribution in [0.3, 0.4) is 0 Å². The Balaban J connectivity index is 2.28. The van der Waals surface area contributed by atoms with Gasteiger partial charge < -0.3 is 14.8 Å². The molecule has 1 N–H and O–H groups in total. The van der Waals surface area contributed by atoms with Gasteiger partial charge in [0.1, 0.15) is 5.82 Å². The first-order valence-electron chi connectivity index (χ1n) is 7.74. The van der Waals surface area contributed by atoms with E-state index in [1.54, 1.807) is 32.4 Å². The molecule has 24 heavy (non-hydrogen) atoms. The van der Waals surface area contributed by atoms with E-state index in [1.165, 1.54) is 12.1 Å². The highest BCUT2D eigenvalue weighted by Gasteiger charge is 2.25. The zero-order valence-electron chi connectivity index (χ0n) is 14.3. The number of ether oxygens (including phenoxy) is 2. The molecule has 2 aromatic rings. The quantitative estimate of drug-likeness (QED) is 0.862. The number of carbonyl (C=O) groups excluding carboxylic acids is 1. The molecule has 1 unspecified atom stereocenters. The number of halogens is 1. The van der Waals surface area contributed by atoms with Gasteiger partial charge in [-0.2, -0.15) is 0 Å². The second kappa shape index (κ2) is 7.81. The van der Waals surface area contributed by atoms with Crippen molar-refractivity contribution in [1.29, 1.82) is 0 Å². The van der Waals surface area contributed by atoms with Crippen molar-refractivity contribution in [3.05, 3.63) is 53.8 Å². The molecule has 2 rings (SSSR count). The van der Waals surface area contributed by atoms with Gasteiger partial charge in [0.05, 0.1) is 20.1 Å². The summed E-state index contributed by atoms with van der Waals surface area (Å²) in [5, 5.41) is 2.84. The summed E-state index contributed by atoms with van der Waals surface area (Å²) in [4.78, 5) is 12.7. The predicted molar refractivity (Wildman–Crippen MR) is 92.2 cm³/mol. The largest absolute Gasteiger partial charge is 0.493 e. The van der Waals surface area contributed by atoms with Gasteiger partial charge in [0.2, 0.25) is 5.91 Å². The Hall–Kier alpha value is -2.56. The highest BCUT2D eigenvalue weighted by molar-refractivity contribution is 5.96. The van der Waals surface area contributed by atoms with E-state index in [4.69, 9.17) is 9.47 Å². The average molecular weight is 331 g/mol. The van der Waals surface area contributed by atoms with E-state index < -0.39 is 0 Å². The van der Waals surface area contributed by atoms with Crippen LogP contribution in [0.15, 0.2) is 42.5 Å². The third kappa shape index (κ3) is 4.04. The molecule has 0 spiro atoms. The van der Waals surface area contributed by atoms with E-state index in [0.29, 0.717) is 17.2 Å². The van der Waals surface area contributed by atoms with E-state index in [2.05, 4.69) is 5.32 Å². The summed E-state index contributed by atoms with van der Waals surface area (Å²) in [5.74, 6) is 0.411. The molecule has 1 atom stereocenters. The van der Waals surface area contributed by atoms with Gasteiger partial charge in [0.25, 0.3) is 0 Å². The van der Waals surface area contributed by atoms with Crippen LogP contribution < -0.4 is 14.8 Å². The Labute approximate surface area is 141 Å². The fourth-order valence-electron chi connectivity index (χ4n) is 2.64. The zero-order chi connectivity index (χ0) is 17.7. The summed E-state index contributed by atoms with van der Waals surface area (Å²) >= 11 is 0. The monoisotopic (exact) mass is 331 g/mol. The summed E-state index contributed by atoms with van der Waals surface area (Å²) in [6, 6.07) is 11.2. The first-order valence-corrected chi connectivity index (χ1v) is 7.74. The van der Waals surface area contributed by atoms with Crippen LogP contribution in [0.5, 0.6) is 11.5 Å². The Morgan fingerprint density at radius 2 is 1.62 bits per heavy atom. The maximum absolute atomic E-state index is 13.0. The molecular formula is C19H22FNO3. The molecule has 2 aromatic carbocycles. The summed E-state index contributed by atoms with van der Waals surface area (Å²) in [5.41, 5.74) is 1.40. The minimum atomic E-state index is -0.366. The van der Waals surface area contributed by atoms with E-state index >= 15 is 0 Å². The molecule has 1 amide bonds. The Morgan fingerprint density at radius 3 is 2.17 bits per heavy atom. The first-order chi connectivity index (χ1) is 11.5. The molecule has 128 valence electrons. The Kier molecular flexibility index (Phi) is 5.79. The fourth-order valence-corrected chi connectivity index (χ4v) is 2.64. The molecule has 0 heterocycles. The maximum Gasteiger partial charge on any atom is 0.232 e. The number of amides is 1. The van der Waals surface area contributed by atoms with E-state index in [-0.39, 0.29) is 23.6 Å². The standard InChI is InChI=1S/C19H22FNO3/c1-12(2)18(13-5-10-16(23-3)17(11-13)24-4)19(22)21-15-8-6-14(20)7-9-15/h5-12,18H,1-4H3,(H,21,22). The van der Waals surface area contributed by atoms with Crippen LogP contribution in [0.4, 0.5) is 10.1 Å². The summed E-state index contributed by atoms with van der Waals surface area (Å²) in [7, 11) is 3.13. The van der Waals surface area contributed by atoms with Gasteiger partial charge in [-0.25, -0.2) is 4.39 Å². The van der Waals surface area contributed by atoms with Gasteiger partial charge >= 0.3 is 0 Å². The van der Waals surface area contributed by atoms with Crippen molar-refractivity contribution in [2.24, 2.45) is 5.92 Å². The number of methoxy groups -OCH3 is 2. The maximum atomic E-state index is 13.0. The van der Waals surface area contributed by atoms with E-state index in [1.807, 2.05) is 26.0 Å². The number of rotatable bonds is 6. The second-order valence-electron chi connectivity index (χ2n) is 5.83. The summed E-state index contributed by atoms with van der Waals surface area (Å²) < 4.78 is 23.5. The number of anilines is 1. The van der Waals surface area contributed by atoms with Crippen LogP contribution in [0.1, 0.15) is 25.3 Å². The summed E-state index contributed by atoms with van der Waals surface area (Å²) in [6.07, 6.45) is 0. The molecular weight excluding hydrogens is 309 g/mol. The van der Waals surface area contributed by atoms with Gasteiger partial charge in [0, 0.05) is 5.69 Å². The van der Waals surface area contributed by atoms with Crippen LogP contribution in [-0.4, -0.2) is 20.1 Å².